The van der Waals surface area contributed by atoms with Gasteiger partial charge in [0.15, 0.2) is 6.29 Å². The Morgan fingerprint density at radius 2 is 2.15 bits per heavy atom. The normalized spacial score (nSPS) is 18.1. The molecule has 5 nitrogen and oxygen atoms in total. The first kappa shape index (κ1) is 13.2. The third kappa shape index (κ3) is 10.1. The molecule has 80 valence electrons. The monoisotopic (exact) mass is 230 g/mol. The Kier molecular flexibility index (Phi) is 6.74. The summed E-state index contributed by atoms with van der Waals surface area (Å²) in [4.78, 5) is 0. The van der Waals surface area contributed by atoms with Gasteiger partial charge in [-0.25, -0.2) is 0 Å². The molecule has 0 aromatic carbocycles. The average molecular weight is 230 g/mol. The zero-order chi connectivity index (χ0) is 10.3. The maximum Gasteiger partial charge on any atom is 0.266 e. The van der Waals surface area contributed by atoms with E-state index in [4.69, 9.17) is 14.4 Å². The van der Waals surface area contributed by atoms with Crippen LogP contribution in [-0.2, 0) is 29.2 Å². The summed E-state index contributed by atoms with van der Waals surface area (Å²) in [5.41, 5.74) is 0. The van der Waals surface area contributed by atoms with E-state index in [1.54, 1.807) is 0 Å². The molecule has 0 heterocycles. The van der Waals surface area contributed by atoms with Gasteiger partial charge in [0, 0.05) is 24.2 Å². The van der Waals surface area contributed by atoms with Crippen LogP contribution in [0.5, 0.6) is 0 Å². The van der Waals surface area contributed by atoms with Crippen LogP contribution < -0.4 is 0 Å². The van der Waals surface area contributed by atoms with Gasteiger partial charge in [0.2, 0.25) is 0 Å². The van der Waals surface area contributed by atoms with Crippen molar-refractivity contribution in [3.05, 3.63) is 0 Å². The topological polar surface area (TPSA) is 76.0 Å². The number of hydrogen-bond donors (Lipinski definition) is 2. The molecule has 2 atom stereocenters. The quantitative estimate of drug-likeness (QED) is 0.611. The highest BCUT2D eigenvalue weighted by molar-refractivity contribution is 8.27. The summed E-state index contributed by atoms with van der Waals surface area (Å²) in [5.74, 6) is 0. The molecule has 0 spiro atoms. The summed E-state index contributed by atoms with van der Waals surface area (Å²) in [6.07, 6.45) is -0.0270. The van der Waals surface area contributed by atoms with Gasteiger partial charge in [0.1, 0.15) is 0 Å². The van der Waals surface area contributed by atoms with Crippen molar-refractivity contribution in [2.75, 3.05) is 13.2 Å². The Balaban J connectivity index is 3.42. The Bertz CT molecular complexity index is 213. The molecule has 2 unspecified atom stereocenters. The second-order valence-electron chi connectivity index (χ2n) is 2.36. The fourth-order valence-corrected chi connectivity index (χ4v) is 1.10. The van der Waals surface area contributed by atoms with Crippen LogP contribution in [0.3, 0.4) is 0 Å². The minimum absolute atomic E-state index is 0.0935. The minimum Gasteiger partial charge on any atom is -0.368 e. The maximum absolute atomic E-state index is 10.4. The second kappa shape index (κ2) is 6.63. The van der Waals surface area contributed by atoms with E-state index in [0.717, 1.165) is 6.42 Å². The molecule has 0 bridgehead atoms. The number of aliphatic hydroxyl groups excluding tert-OH is 1. The fourth-order valence-electron chi connectivity index (χ4n) is 0.591. The molecule has 0 aliphatic carbocycles. The van der Waals surface area contributed by atoms with Crippen LogP contribution in [0.4, 0.5) is 0 Å². The molecule has 2 N–H and O–H groups in total. The number of hydrogen-bond acceptors (Lipinski definition) is 5. The minimum atomic E-state index is -3.57. The van der Waals surface area contributed by atoms with Crippen molar-refractivity contribution in [3.63, 3.8) is 0 Å². The number of rotatable bonds is 7. The van der Waals surface area contributed by atoms with Gasteiger partial charge in [-0.2, -0.15) is 4.21 Å². The predicted octanol–water partition coefficient (Wildman–Crippen LogP) is 0.272. The highest BCUT2D eigenvalue weighted by Crippen LogP contribution is 1.98. The van der Waals surface area contributed by atoms with Gasteiger partial charge in [0.25, 0.3) is 9.05 Å². The van der Waals surface area contributed by atoms with E-state index in [-0.39, 0.29) is 13.0 Å². The lowest BCUT2D eigenvalue weighted by molar-refractivity contribution is -0.107. The highest BCUT2D eigenvalue weighted by Gasteiger charge is 2.05. The van der Waals surface area contributed by atoms with Crippen LogP contribution in [0.2, 0.25) is 0 Å². The first-order valence-corrected chi connectivity index (χ1v) is 6.23. The van der Waals surface area contributed by atoms with Gasteiger partial charge in [0.05, 0.1) is 6.61 Å². The van der Waals surface area contributed by atoms with Gasteiger partial charge < -0.3 is 9.84 Å². The van der Waals surface area contributed by atoms with Gasteiger partial charge in [-0.05, 0) is 6.42 Å². The molecule has 0 saturated carbocycles. The summed E-state index contributed by atoms with van der Waals surface area (Å²) in [6, 6.07) is 0. The highest BCUT2D eigenvalue weighted by atomic mass is 32.9. The Morgan fingerprint density at radius 1 is 1.54 bits per heavy atom. The molecule has 7 heteroatoms. The van der Waals surface area contributed by atoms with Gasteiger partial charge in [-0.1, -0.05) is 6.92 Å². The van der Waals surface area contributed by atoms with E-state index in [9.17, 15) is 4.21 Å². The van der Waals surface area contributed by atoms with Crippen molar-refractivity contribution in [2.24, 2.45) is 0 Å². The van der Waals surface area contributed by atoms with Crippen molar-refractivity contribution in [1.82, 2.24) is 0 Å². The fraction of sp³-hybridized carbons (Fsp3) is 1.00. The molecule has 0 fully saturated rings. The zero-order valence-electron chi connectivity index (χ0n) is 7.34. The van der Waals surface area contributed by atoms with E-state index in [1.165, 1.54) is 0 Å². The molecule has 0 radical (unpaired) electrons. The van der Waals surface area contributed by atoms with Crippen molar-refractivity contribution in [1.29, 1.82) is 0 Å². The SMILES string of the molecule is CCCOC(O)CCOS(=O)(O)=S. The summed E-state index contributed by atoms with van der Waals surface area (Å²) < 4.78 is 28.1. The van der Waals surface area contributed by atoms with Crippen molar-refractivity contribution in [3.8, 4) is 0 Å². The molecule has 0 rings (SSSR count). The summed E-state index contributed by atoms with van der Waals surface area (Å²) in [7, 11) is -3.57. The lowest BCUT2D eigenvalue weighted by Gasteiger charge is -2.10. The standard InChI is InChI=1S/C6H14O5S2/c1-2-4-10-6(7)3-5-11-13(8,9)12/h6-7H,2-5H2,1H3,(H,8,9,12). The number of aliphatic hydroxyl groups is 1. The Morgan fingerprint density at radius 3 is 2.62 bits per heavy atom. The molecule has 0 amide bonds. The molecular formula is C6H14O5S2. The average Bonchev–Trinajstić information content (AvgIpc) is 1.98. The van der Waals surface area contributed by atoms with E-state index < -0.39 is 15.3 Å². The second-order valence-corrected chi connectivity index (χ2v) is 4.72. The molecule has 0 saturated heterocycles. The van der Waals surface area contributed by atoms with Crippen LogP contribution >= 0.6 is 0 Å². The van der Waals surface area contributed by atoms with Crippen LogP contribution in [0.1, 0.15) is 19.8 Å². The van der Waals surface area contributed by atoms with E-state index in [0.29, 0.717) is 6.61 Å². The van der Waals surface area contributed by atoms with Crippen molar-refractivity contribution in [2.45, 2.75) is 26.1 Å². The number of ether oxygens (including phenoxy) is 1. The summed E-state index contributed by atoms with van der Waals surface area (Å²) in [6.45, 7) is 2.26. The first-order valence-electron chi connectivity index (χ1n) is 3.87. The molecule has 0 aliphatic rings. The molecule has 0 aromatic heterocycles. The molecular weight excluding hydrogens is 216 g/mol. The summed E-state index contributed by atoms with van der Waals surface area (Å²) in [5, 5.41) is 9.07. The zero-order valence-corrected chi connectivity index (χ0v) is 8.97. The largest absolute Gasteiger partial charge is 0.368 e. The molecule has 0 aromatic rings. The van der Waals surface area contributed by atoms with Gasteiger partial charge in [-0.3, -0.25) is 8.74 Å². The van der Waals surface area contributed by atoms with Crippen LogP contribution in [0, 0.1) is 0 Å². The van der Waals surface area contributed by atoms with Crippen molar-refractivity contribution < 1.29 is 22.8 Å². The van der Waals surface area contributed by atoms with Crippen LogP contribution in [-0.4, -0.2) is 33.4 Å². The van der Waals surface area contributed by atoms with Gasteiger partial charge >= 0.3 is 0 Å². The summed E-state index contributed by atoms with van der Waals surface area (Å²) >= 11 is 4.06. The van der Waals surface area contributed by atoms with Crippen LogP contribution in [0.15, 0.2) is 0 Å². The molecule has 0 aliphatic heterocycles. The van der Waals surface area contributed by atoms with Gasteiger partial charge in [-0.15, -0.1) is 0 Å². The van der Waals surface area contributed by atoms with E-state index >= 15 is 0 Å². The van der Waals surface area contributed by atoms with Crippen molar-refractivity contribution >= 4 is 20.2 Å². The third-order valence-corrected chi connectivity index (χ3v) is 1.86. The first-order chi connectivity index (χ1) is 5.95. The smallest absolute Gasteiger partial charge is 0.266 e. The molecule has 13 heavy (non-hydrogen) atoms. The maximum atomic E-state index is 10.4. The van der Waals surface area contributed by atoms with E-state index in [2.05, 4.69) is 15.4 Å². The lowest BCUT2D eigenvalue weighted by atomic mass is 10.4. The Hall–Kier alpha value is 0.210. The lowest BCUT2D eigenvalue weighted by Crippen LogP contribution is -2.16. The van der Waals surface area contributed by atoms with Crippen LogP contribution in [0.25, 0.3) is 0 Å². The third-order valence-electron chi connectivity index (χ3n) is 1.11. The van der Waals surface area contributed by atoms with E-state index in [1.807, 2.05) is 6.92 Å². The predicted molar refractivity (Wildman–Crippen MR) is 51.0 cm³/mol. The Labute approximate surface area is 82.7 Å².